The monoisotopic (exact) mass is 254 g/mol. The van der Waals surface area contributed by atoms with Crippen molar-refractivity contribution in [3.63, 3.8) is 0 Å². The summed E-state index contributed by atoms with van der Waals surface area (Å²) >= 11 is 3.37. The Hall–Kier alpha value is -1.14. The molecule has 6 heteroatoms. The topological polar surface area (TPSA) is 32.3 Å². The molecule has 0 fully saturated rings. The highest BCUT2D eigenvalue weighted by Crippen LogP contribution is 2.35. The van der Waals surface area contributed by atoms with Gasteiger partial charge in [-0.2, -0.15) is 0 Å². The van der Waals surface area contributed by atoms with Crippen LogP contribution in [0.25, 0.3) is 9.75 Å². The molecule has 0 aromatic carbocycles. The minimum absolute atomic E-state index is 1.02. The van der Waals surface area contributed by atoms with Crippen molar-refractivity contribution >= 4 is 32.9 Å². The minimum atomic E-state index is 1.02. The normalized spacial score (nSPS) is 10.5. The minimum Gasteiger partial charge on any atom is -0.354 e. The lowest BCUT2D eigenvalue weighted by atomic mass is 10.5. The van der Waals surface area contributed by atoms with Crippen molar-refractivity contribution in [3.8, 4) is 9.75 Å². The first-order valence-electron chi connectivity index (χ1n) is 4.84. The summed E-state index contributed by atoms with van der Waals surface area (Å²) in [6.07, 6.45) is 3.82. The standard InChI is InChI=1S/C10H14N4S2/c1-13(2)9-11-5-7(15-9)8-6-12-10(16-8)14(3)4/h5-6H,1-4H3. The fourth-order valence-electron chi connectivity index (χ4n) is 1.17. The molecule has 0 bridgehead atoms. The highest BCUT2D eigenvalue weighted by atomic mass is 32.1. The first kappa shape index (κ1) is 11.3. The van der Waals surface area contributed by atoms with Crippen LogP contribution in [0.1, 0.15) is 0 Å². The number of aromatic nitrogens is 2. The Morgan fingerprint density at radius 3 is 1.44 bits per heavy atom. The molecule has 0 radical (unpaired) electrons. The fourth-order valence-corrected chi connectivity index (χ4v) is 2.91. The summed E-state index contributed by atoms with van der Waals surface area (Å²) in [5.74, 6) is 0. The van der Waals surface area contributed by atoms with Crippen LogP contribution in [-0.2, 0) is 0 Å². The van der Waals surface area contributed by atoms with Crippen molar-refractivity contribution in [2.75, 3.05) is 38.0 Å². The zero-order valence-corrected chi connectivity index (χ0v) is 11.4. The van der Waals surface area contributed by atoms with Crippen LogP contribution in [0.3, 0.4) is 0 Å². The zero-order chi connectivity index (χ0) is 11.7. The predicted molar refractivity (Wildman–Crippen MR) is 71.9 cm³/mol. The summed E-state index contributed by atoms with van der Waals surface area (Å²) in [5, 5.41) is 2.05. The Labute approximate surface area is 103 Å². The van der Waals surface area contributed by atoms with Gasteiger partial charge >= 0.3 is 0 Å². The average molecular weight is 254 g/mol. The largest absolute Gasteiger partial charge is 0.354 e. The molecule has 0 aliphatic rings. The maximum Gasteiger partial charge on any atom is 0.185 e. The van der Waals surface area contributed by atoms with E-state index in [0.717, 1.165) is 10.3 Å². The second-order valence-corrected chi connectivity index (χ2v) is 5.82. The molecular formula is C10H14N4S2. The van der Waals surface area contributed by atoms with Gasteiger partial charge in [-0.15, -0.1) is 0 Å². The number of thiazole rings is 2. The second-order valence-electron chi connectivity index (χ2n) is 3.80. The summed E-state index contributed by atoms with van der Waals surface area (Å²) in [6, 6.07) is 0. The Kier molecular flexibility index (Phi) is 3.11. The molecule has 0 unspecified atom stereocenters. The summed E-state index contributed by atoms with van der Waals surface area (Å²) < 4.78 is 0. The molecule has 2 aromatic rings. The summed E-state index contributed by atoms with van der Waals surface area (Å²) in [5.41, 5.74) is 0. The molecule has 16 heavy (non-hydrogen) atoms. The fraction of sp³-hybridized carbons (Fsp3) is 0.400. The van der Waals surface area contributed by atoms with E-state index in [-0.39, 0.29) is 0 Å². The highest BCUT2D eigenvalue weighted by Gasteiger charge is 2.10. The van der Waals surface area contributed by atoms with E-state index in [1.807, 2.05) is 50.4 Å². The third kappa shape index (κ3) is 2.17. The van der Waals surface area contributed by atoms with Gasteiger partial charge in [0.1, 0.15) is 0 Å². The molecule has 0 saturated heterocycles. The Bertz CT molecular complexity index is 428. The molecule has 2 rings (SSSR count). The van der Waals surface area contributed by atoms with Crippen LogP contribution in [0.5, 0.6) is 0 Å². The van der Waals surface area contributed by atoms with E-state index in [9.17, 15) is 0 Å². The van der Waals surface area contributed by atoms with Crippen LogP contribution in [0, 0.1) is 0 Å². The van der Waals surface area contributed by atoms with Gasteiger partial charge in [0, 0.05) is 40.6 Å². The van der Waals surface area contributed by atoms with Gasteiger partial charge in [-0.05, 0) is 0 Å². The second kappa shape index (κ2) is 4.39. The Balaban J connectivity index is 2.28. The van der Waals surface area contributed by atoms with E-state index in [1.54, 1.807) is 22.7 Å². The van der Waals surface area contributed by atoms with Gasteiger partial charge in [-0.25, -0.2) is 9.97 Å². The maximum atomic E-state index is 4.36. The number of hydrogen-bond donors (Lipinski definition) is 0. The lowest BCUT2D eigenvalue weighted by molar-refractivity contribution is 1.10. The molecule has 0 N–H and O–H groups in total. The van der Waals surface area contributed by atoms with Crippen molar-refractivity contribution in [3.05, 3.63) is 12.4 Å². The molecule has 0 aliphatic carbocycles. The van der Waals surface area contributed by atoms with Gasteiger partial charge < -0.3 is 9.80 Å². The van der Waals surface area contributed by atoms with Crippen LogP contribution in [0.15, 0.2) is 12.4 Å². The third-order valence-corrected chi connectivity index (χ3v) is 4.52. The van der Waals surface area contributed by atoms with Gasteiger partial charge in [-0.1, -0.05) is 22.7 Å². The van der Waals surface area contributed by atoms with Crippen molar-refractivity contribution in [2.45, 2.75) is 0 Å². The van der Waals surface area contributed by atoms with Crippen LogP contribution < -0.4 is 9.80 Å². The average Bonchev–Trinajstić information content (AvgIpc) is 2.86. The van der Waals surface area contributed by atoms with Gasteiger partial charge in [0.2, 0.25) is 0 Å². The SMILES string of the molecule is CN(C)c1ncc(-c2cnc(N(C)C)s2)s1. The summed E-state index contributed by atoms with van der Waals surface area (Å²) in [6.45, 7) is 0. The molecule has 2 aromatic heterocycles. The molecule has 0 saturated carbocycles. The van der Waals surface area contributed by atoms with E-state index in [4.69, 9.17) is 0 Å². The molecule has 2 heterocycles. The quantitative estimate of drug-likeness (QED) is 0.842. The molecule has 0 aliphatic heterocycles. The number of hydrogen-bond acceptors (Lipinski definition) is 6. The van der Waals surface area contributed by atoms with Gasteiger partial charge in [-0.3, -0.25) is 0 Å². The van der Waals surface area contributed by atoms with E-state index >= 15 is 0 Å². The number of rotatable bonds is 3. The van der Waals surface area contributed by atoms with Crippen molar-refractivity contribution < 1.29 is 0 Å². The van der Waals surface area contributed by atoms with E-state index in [1.165, 1.54) is 9.75 Å². The van der Waals surface area contributed by atoms with E-state index in [0.29, 0.717) is 0 Å². The Morgan fingerprint density at radius 2 is 1.19 bits per heavy atom. The first-order valence-corrected chi connectivity index (χ1v) is 6.48. The molecule has 86 valence electrons. The Morgan fingerprint density at radius 1 is 0.812 bits per heavy atom. The van der Waals surface area contributed by atoms with Crippen LogP contribution in [0.2, 0.25) is 0 Å². The van der Waals surface area contributed by atoms with Gasteiger partial charge in [0.25, 0.3) is 0 Å². The van der Waals surface area contributed by atoms with Gasteiger partial charge in [0.05, 0.1) is 9.75 Å². The molecule has 0 amide bonds. The maximum absolute atomic E-state index is 4.36. The zero-order valence-electron chi connectivity index (χ0n) is 9.76. The van der Waals surface area contributed by atoms with Crippen LogP contribution in [0.4, 0.5) is 10.3 Å². The number of anilines is 2. The van der Waals surface area contributed by atoms with Crippen LogP contribution >= 0.6 is 22.7 Å². The van der Waals surface area contributed by atoms with Crippen molar-refractivity contribution in [1.29, 1.82) is 0 Å². The van der Waals surface area contributed by atoms with Crippen molar-refractivity contribution in [1.82, 2.24) is 9.97 Å². The molecular weight excluding hydrogens is 240 g/mol. The molecule has 0 spiro atoms. The van der Waals surface area contributed by atoms with E-state index < -0.39 is 0 Å². The number of nitrogens with zero attached hydrogens (tertiary/aromatic N) is 4. The van der Waals surface area contributed by atoms with Gasteiger partial charge in [0.15, 0.2) is 10.3 Å². The smallest absolute Gasteiger partial charge is 0.185 e. The lowest BCUT2D eigenvalue weighted by Gasteiger charge is -2.05. The first-order chi connectivity index (χ1) is 7.58. The molecule has 4 nitrogen and oxygen atoms in total. The van der Waals surface area contributed by atoms with Crippen LogP contribution in [-0.4, -0.2) is 38.2 Å². The van der Waals surface area contributed by atoms with E-state index in [2.05, 4.69) is 9.97 Å². The predicted octanol–water partition coefficient (Wildman–Crippen LogP) is 2.40. The van der Waals surface area contributed by atoms with Crippen molar-refractivity contribution in [2.24, 2.45) is 0 Å². The summed E-state index contributed by atoms with van der Waals surface area (Å²) in [4.78, 5) is 15.1. The highest BCUT2D eigenvalue weighted by molar-refractivity contribution is 7.25. The lowest BCUT2D eigenvalue weighted by Crippen LogP contribution is -2.07. The third-order valence-electron chi connectivity index (χ3n) is 1.99. The molecule has 0 atom stereocenters. The summed E-state index contributed by atoms with van der Waals surface area (Å²) in [7, 11) is 8.00.